The monoisotopic (exact) mass is 414 g/mol. The van der Waals surface area contributed by atoms with Crippen molar-refractivity contribution < 1.29 is 23.7 Å². The molecule has 29 heavy (non-hydrogen) atoms. The van der Waals surface area contributed by atoms with Gasteiger partial charge in [-0.2, -0.15) is 0 Å². The van der Waals surface area contributed by atoms with Gasteiger partial charge in [0.1, 0.15) is 12.7 Å². The first-order chi connectivity index (χ1) is 14.3. The predicted octanol–water partition coefficient (Wildman–Crippen LogP) is 6.18. The molecule has 0 radical (unpaired) electrons. The molecule has 0 spiro atoms. The summed E-state index contributed by atoms with van der Waals surface area (Å²) in [7, 11) is 0. The molecule has 5 heteroatoms. The van der Waals surface area contributed by atoms with Gasteiger partial charge in [-0.15, -0.1) is 0 Å². The van der Waals surface area contributed by atoms with E-state index < -0.39 is 6.29 Å². The van der Waals surface area contributed by atoms with Gasteiger partial charge in [0.05, 0.1) is 19.3 Å². The summed E-state index contributed by atoms with van der Waals surface area (Å²) in [5, 5.41) is 0. The lowest BCUT2D eigenvalue weighted by atomic mass is 10.0. The Morgan fingerprint density at radius 1 is 0.862 bits per heavy atom. The molecule has 172 valence electrons. The lowest BCUT2D eigenvalue weighted by Gasteiger charge is -2.16. The molecular formula is C24H46O5. The molecule has 0 aliphatic carbocycles. The van der Waals surface area contributed by atoms with Gasteiger partial charge in [-0.1, -0.05) is 96.8 Å². The Balaban J connectivity index is 1.79. The first-order valence-electron chi connectivity index (χ1n) is 12.2. The molecule has 1 heterocycles. The van der Waals surface area contributed by atoms with Crippen LogP contribution in [0, 0.1) is 0 Å². The molecule has 0 N–H and O–H groups in total. The minimum absolute atomic E-state index is 0.0611. The zero-order valence-electron chi connectivity index (χ0n) is 19.1. The highest BCUT2D eigenvalue weighted by Gasteiger charge is 2.26. The summed E-state index contributed by atoms with van der Waals surface area (Å²) >= 11 is 0. The molecule has 1 aliphatic heterocycles. The summed E-state index contributed by atoms with van der Waals surface area (Å²) in [5.74, 6) is 0. The van der Waals surface area contributed by atoms with Crippen LogP contribution in [0.4, 0.5) is 0 Å². The average Bonchev–Trinajstić information content (AvgIpc) is 3.19. The molecule has 1 fully saturated rings. The zero-order valence-corrected chi connectivity index (χ0v) is 19.1. The van der Waals surface area contributed by atoms with Gasteiger partial charge < -0.3 is 18.9 Å². The molecule has 0 saturated carbocycles. The number of carbonyl (C=O) groups excluding carboxylic acids is 1. The Labute approximate surface area is 179 Å². The van der Waals surface area contributed by atoms with Gasteiger partial charge in [0.25, 0.3) is 6.47 Å². The van der Waals surface area contributed by atoms with E-state index in [1.54, 1.807) is 0 Å². The van der Waals surface area contributed by atoms with Crippen LogP contribution in [-0.4, -0.2) is 44.8 Å². The van der Waals surface area contributed by atoms with E-state index in [2.05, 4.69) is 18.6 Å². The van der Waals surface area contributed by atoms with Crippen LogP contribution >= 0.6 is 0 Å². The lowest BCUT2D eigenvalue weighted by molar-refractivity contribution is -0.145. The van der Waals surface area contributed by atoms with Crippen LogP contribution in [0.5, 0.6) is 0 Å². The van der Waals surface area contributed by atoms with Crippen molar-refractivity contribution in [3.8, 4) is 0 Å². The number of carbonyl (C=O) groups is 1. The SMILES string of the molecule is CCCCCCCCCCCCCCCCC(C)OCC1COC(COC=O)O1. The highest BCUT2D eigenvalue weighted by Crippen LogP contribution is 2.16. The number of unbranched alkanes of at least 4 members (excludes halogenated alkanes) is 13. The van der Waals surface area contributed by atoms with Gasteiger partial charge in [0.2, 0.25) is 0 Å². The summed E-state index contributed by atoms with van der Waals surface area (Å²) in [4.78, 5) is 10.2. The average molecular weight is 415 g/mol. The van der Waals surface area contributed by atoms with Crippen LogP contribution in [0.15, 0.2) is 0 Å². The summed E-state index contributed by atoms with van der Waals surface area (Å²) in [5.41, 5.74) is 0. The molecule has 1 rings (SSSR count). The van der Waals surface area contributed by atoms with E-state index in [9.17, 15) is 4.79 Å². The molecule has 1 aliphatic rings. The van der Waals surface area contributed by atoms with Crippen molar-refractivity contribution in [3.05, 3.63) is 0 Å². The fourth-order valence-electron chi connectivity index (χ4n) is 3.78. The Kier molecular flexibility index (Phi) is 17.6. The lowest BCUT2D eigenvalue weighted by Crippen LogP contribution is -2.23. The van der Waals surface area contributed by atoms with Crippen LogP contribution in [0.1, 0.15) is 110 Å². The first kappa shape index (κ1) is 26.4. The number of rotatable bonds is 21. The quantitative estimate of drug-likeness (QED) is 0.166. The highest BCUT2D eigenvalue weighted by molar-refractivity contribution is 5.36. The molecule has 0 aromatic heterocycles. The molecule has 1 saturated heterocycles. The van der Waals surface area contributed by atoms with E-state index in [-0.39, 0.29) is 18.8 Å². The minimum atomic E-state index is -0.449. The molecule has 0 aromatic carbocycles. The maximum atomic E-state index is 10.2. The summed E-state index contributed by atoms with van der Waals surface area (Å²) in [6.07, 6.45) is 20.3. The van der Waals surface area contributed by atoms with Crippen molar-refractivity contribution in [1.82, 2.24) is 0 Å². The maximum Gasteiger partial charge on any atom is 0.293 e. The standard InChI is InChI=1S/C24H46O5/c1-3-4-5-6-7-8-9-10-11-12-13-14-15-16-17-22(2)27-18-23-19-28-24(29-23)20-26-21-25/h21-24H,3-20H2,1-2H3. The van der Waals surface area contributed by atoms with Crippen molar-refractivity contribution in [2.45, 2.75) is 129 Å². The van der Waals surface area contributed by atoms with Crippen molar-refractivity contribution in [2.75, 3.05) is 19.8 Å². The third-order valence-electron chi connectivity index (χ3n) is 5.64. The zero-order chi connectivity index (χ0) is 21.0. The predicted molar refractivity (Wildman–Crippen MR) is 117 cm³/mol. The Morgan fingerprint density at radius 2 is 1.41 bits per heavy atom. The molecule has 5 nitrogen and oxygen atoms in total. The Hall–Kier alpha value is -0.650. The van der Waals surface area contributed by atoms with Gasteiger partial charge in [-0.3, -0.25) is 4.79 Å². The summed E-state index contributed by atoms with van der Waals surface area (Å²) < 4.78 is 21.5. The van der Waals surface area contributed by atoms with Gasteiger partial charge in [0.15, 0.2) is 6.29 Å². The molecule has 0 amide bonds. The Morgan fingerprint density at radius 3 is 1.97 bits per heavy atom. The van der Waals surface area contributed by atoms with Crippen molar-refractivity contribution in [3.63, 3.8) is 0 Å². The van der Waals surface area contributed by atoms with E-state index in [0.717, 1.165) is 6.42 Å². The topological polar surface area (TPSA) is 54.0 Å². The smallest absolute Gasteiger partial charge is 0.293 e. The first-order valence-corrected chi connectivity index (χ1v) is 12.2. The summed E-state index contributed by atoms with van der Waals surface area (Å²) in [6.45, 7) is 6.01. The van der Waals surface area contributed by atoms with E-state index >= 15 is 0 Å². The fraction of sp³-hybridized carbons (Fsp3) is 0.958. The maximum absolute atomic E-state index is 10.2. The highest BCUT2D eigenvalue weighted by atomic mass is 16.7. The third kappa shape index (κ3) is 15.8. The van der Waals surface area contributed by atoms with Gasteiger partial charge >= 0.3 is 0 Å². The van der Waals surface area contributed by atoms with Crippen LogP contribution in [0.3, 0.4) is 0 Å². The molecule has 0 aromatic rings. The van der Waals surface area contributed by atoms with Crippen LogP contribution in [0.2, 0.25) is 0 Å². The fourth-order valence-corrected chi connectivity index (χ4v) is 3.78. The molecular weight excluding hydrogens is 368 g/mol. The third-order valence-corrected chi connectivity index (χ3v) is 5.64. The van der Waals surface area contributed by atoms with Crippen LogP contribution in [-0.2, 0) is 23.7 Å². The van der Waals surface area contributed by atoms with Crippen molar-refractivity contribution in [1.29, 1.82) is 0 Å². The van der Waals surface area contributed by atoms with E-state index in [4.69, 9.17) is 14.2 Å². The van der Waals surface area contributed by atoms with Gasteiger partial charge in [-0.25, -0.2) is 0 Å². The van der Waals surface area contributed by atoms with Gasteiger partial charge in [0, 0.05) is 0 Å². The van der Waals surface area contributed by atoms with E-state index in [1.165, 1.54) is 89.9 Å². The molecule has 3 atom stereocenters. The number of ether oxygens (including phenoxy) is 4. The number of hydrogen-bond donors (Lipinski definition) is 0. The van der Waals surface area contributed by atoms with Crippen molar-refractivity contribution >= 4 is 6.47 Å². The number of hydrogen-bond acceptors (Lipinski definition) is 5. The second kappa shape index (κ2) is 19.3. The van der Waals surface area contributed by atoms with Crippen LogP contribution in [0.25, 0.3) is 0 Å². The van der Waals surface area contributed by atoms with Crippen LogP contribution < -0.4 is 0 Å². The Bertz CT molecular complexity index is 363. The summed E-state index contributed by atoms with van der Waals surface area (Å²) in [6, 6.07) is 0. The largest absolute Gasteiger partial charge is 0.462 e. The van der Waals surface area contributed by atoms with E-state index in [1.807, 2.05) is 0 Å². The van der Waals surface area contributed by atoms with Crippen molar-refractivity contribution in [2.24, 2.45) is 0 Å². The van der Waals surface area contributed by atoms with Gasteiger partial charge in [-0.05, 0) is 13.3 Å². The normalized spacial score (nSPS) is 20.1. The second-order valence-corrected chi connectivity index (χ2v) is 8.48. The minimum Gasteiger partial charge on any atom is -0.462 e. The molecule has 0 bridgehead atoms. The van der Waals surface area contributed by atoms with E-state index in [0.29, 0.717) is 19.7 Å². The molecule has 3 unspecified atom stereocenters. The second-order valence-electron chi connectivity index (χ2n) is 8.48.